The quantitative estimate of drug-likeness (QED) is 0.926. The van der Waals surface area contributed by atoms with Gasteiger partial charge < -0.3 is 19.5 Å². The summed E-state index contributed by atoms with van der Waals surface area (Å²) in [6.07, 6.45) is 0. The van der Waals surface area contributed by atoms with Crippen LogP contribution in [0.1, 0.15) is 10.4 Å². The van der Waals surface area contributed by atoms with Crippen molar-refractivity contribution in [2.75, 3.05) is 44.9 Å². The topological polar surface area (TPSA) is 71.9 Å². The van der Waals surface area contributed by atoms with E-state index in [9.17, 15) is 9.90 Å². The predicted molar refractivity (Wildman–Crippen MR) is 89.5 cm³/mol. The molecule has 4 rings (SSSR count). The van der Waals surface area contributed by atoms with Gasteiger partial charge in [-0.05, 0) is 12.1 Å². The van der Waals surface area contributed by atoms with Crippen LogP contribution in [0.3, 0.4) is 0 Å². The lowest BCUT2D eigenvalue weighted by Gasteiger charge is -2.26. The highest BCUT2D eigenvalue weighted by molar-refractivity contribution is 6.03. The molecule has 6 nitrogen and oxygen atoms in total. The minimum atomic E-state index is -0.927. The van der Waals surface area contributed by atoms with E-state index in [-0.39, 0.29) is 5.41 Å². The van der Waals surface area contributed by atoms with Crippen LogP contribution >= 0.6 is 0 Å². The van der Waals surface area contributed by atoms with Crippen molar-refractivity contribution in [1.82, 2.24) is 4.98 Å². The van der Waals surface area contributed by atoms with Crippen molar-refractivity contribution in [3.63, 3.8) is 0 Å². The molecule has 0 bridgehead atoms. The lowest BCUT2D eigenvalue weighted by atomic mass is 9.82. The standard InChI is InChI=1S/C18H20N2O4/c1-23-10-18-9-20(7-12(18)8-24-11-18)16-6-14(17(21)22)13-4-2-3-5-15(13)19-16/h2-6,12H,7-11H2,1H3,(H,21,22)/t12-,18-/m0/s1. The Bertz CT molecular complexity index is 794. The molecule has 2 aliphatic rings. The first-order valence-electron chi connectivity index (χ1n) is 8.08. The van der Waals surface area contributed by atoms with Crippen molar-refractivity contribution in [3.8, 4) is 0 Å². The minimum absolute atomic E-state index is 0.0224. The number of hydrogen-bond acceptors (Lipinski definition) is 5. The summed E-state index contributed by atoms with van der Waals surface area (Å²) in [7, 11) is 1.71. The molecule has 126 valence electrons. The number of anilines is 1. The Morgan fingerprint density at radius 1 is 1.50 bits per heavy atom. The molecule has 24 heavy (non-hydrogen) atoms. The average molecular weight is 328 g/mol. The Morgan fingerprint density at radius 2 is 2.33 bits per heavy atom. The summed E-state index contributed by atoms with van der Waals surface area (Å²) in [5, 5.41) is 10.2. The number of aromatic carboxylic acids is 1. The summed E-state index contributed by atoms with van der Waals surface area (Å²) in [6.45, 7) is 3.64. The lowest BCUT2D eigenvalue weighted by molar-refractivity contribution is 0.0660. The fourth-order valence-electron chi connectivity index (χ4n) is 4.00. The van der Waals surface area contributed by atoms with E-state index in [2.05, 4.69) is 4.90 Å². The number of carboxylic acid groups (broad SMARTS) is 1. The molecule has 2 aliphatic heterocycles. The van der Waals surface area contributed by atoms with E-state index in [0.29, 0.717) is 35.6 Å². The number of pyridine rings is 1. The summed E-state index contributed by atoms with van der Waals surface area (Å²) in [6, 6.07) is 9.06. The number of nitrogens with zero attached hydrogens (tertiary/aromatic N) is 2. The second-order valence-electron chi connectivity index (χ2n) is 6.74. The Labute approximate surface area is 140 Å². The van der Waals surface area contributed by atoms with Gasteiger partial charge in [-0.2, -0.15) is 0 Å². The van der Waals surface area contributed by atoms with E-state index in [0.717, 1.165) is 25.5 Å². The van der Waals surface area contributed by atoms with E-state index < -0.39 is 5.97 Å². The third kappa shape index (κ3) is 2.34. The summed E-state index contributed by atoms with van der Waals surface area (Å²) in [5.74, 6) is 0.180. The fourth-order valence-corrected chi connectivity index (χ4v) is 4.00. The molecule has 0 radical (unpaired) electrons. The SMILES string of the molecule is COC[C@@]12COC[C@@H]1CN(c1cc(C(=O)O)c3ccccc3n1)C2. The van der Waals surface area contributed by atoms with E-state index in [1.54, 1.807) is 19.2 Å². The maximum absolute atomic E-state index is 11.7. The molecule has 0 unspecified atom stereocenters. The molecule has 1 N–H and O–H groups in total. The van der Waals surface area contributed by atoms with Crippen LogP contribution in [0.4, 0.5) is 5.82 Å². The van der Waals surface area contributed by atoms with E-state index >= 15 is 0 Å². The van der Waals surface area contributed by atoms with Crippen LogP contribution in [0.15, 0.2) is 30.3 Å². The normalized spacial score (nSPS) is 26.0. The van der Waals surface area contributed by atoms with E-state index in [1.165, 1.54) is 0 Å². The monoisotopic (exact) mass is 328 g/mol. The largest absolute Gasteiger partial charge is 0.478 e. The molecular formula is C18H20N2O4. The van der Waals surface area contributed by atoms with Crippen LogP contribution in [-0.4, -0.2) is 56.1 Å². The predicted octanol–water partition coefficient (Wildman–Crippen LogP) is 2.03. The summed E-state index contributed by atoms with van der Waals surface area (Å²) in [4.78, 5) is 18.5. The molecule has 6 heteroatoms. The van der Waals surface area contributed by atoms with Gasteiger partial charge in [-0.15, -0.1) is 0 Å². The highest BCUT2D eigenvalue weighted by Gasteiger charge is 2.51. The van der Waals surface area contributed by atoms with Crippen molar-refractivity contribution >= 4 is 22.7 Å². The average Bonchev–Trinajstić information content (AvgIpc) is 3.10. The Hall–Kier alpha value is -2.18. The van der Waals surface area contributed by atoms with Gasteiger partial charge in [0.15, 0.2) is 0 Å². The zero-order chi connectivity index (χ0) is 16.7. The van der Waals surface area contributed by atoms with Gasteiger partial charge in [0, 0.05) is 36.9 Å². The smallest absolute Gasteiger partial charge is 0.336 e. The highest BCUT2D eigenvalue weighted by atomic mass is 16.5. The number of methoxy groups -OCH3 is 1. The molecule has 2 atom stereocenters. The number of benzene rings is 1. The highest BCUT2D eigenvalue weighted by Crippen LogP contribution is 2.43. The number of aromatic nitrogens is 1. The molecule has 2 fully saturated rings. The molecular weight excluding hydrogens is 308 g/mol. The molecule has 2 aromatic rings. The summed E-state index contributed by atoms with van der Waals surface area (Å²) in [5.41, 5.74) is 0.983. The molecule has 2 saturated heterocycles. The van der Waals surface area contributed by atoms with E-state index in [4.69, 9.17) is 14.5 Å². The number of ether oxygens (including phenoxy) is 2. The fraction of sp³-hybridized carbons (Fsp3) is 0.444. The second-order valence-corrected chi connectivity index (χ2v) is 6.74. The van der Waals surface area contributed by atoms with Crippen LogP contribution in [-0.2, 0) is 9.47 Å². The summed E-state index contributed by atoms with van der Waals surface area (Å²) >= 11 is 0. The molecule has 0 amide bonds. The van der Waals surface area contributed by atoms with Gasteiger partial charge in [-0.25, -0.2) is 9.78 Å². The van der Waals surface area contributed by atoms with Crippen LogP contribution in [0.25, 0.3) is 10.9 Å². The summed E-state index contributed by atoms with van der Waals surface area (Å²) < 4.78 is 11.1. The van der Waals surface area contributed by atoms with Gasteiger partial charge in [0.2, 0.25) is 0 Å². The van der Waals surface area contributed by atoms with Gasteiger partial charge in [-0.1, -0.05) is 18.2 Å². The number of para-hydroxylation sites is 1. The van der Waals surface area contributed by atoms with Crippen molar-refractivity contribution in [3.05, 3.63) is 35.9 Å². The number of fused-ring (bicyclic) bond motifs is 2. The van der Waals surface area contributed by atoms with Crippen LogP contribution in [0.2, 0.25) is 0 Å². The number of carbonyl (C=O) groups is 1. The molecule has 3 heterocycles. The molecule has 1 aromatic carbocycles. The molecule has 0 spiro atoms. The first-order chi connectivity index (χ1) is 11.6. The van der Waals surface area contributed by atoms with Gasteiger partial charge in [0.1, 0.15) is 5.82 Å². The van der Waals surface area contributed by atoms with Crippen molar-refractivity contribution in [1.29, 1.82) is 0 Å². The Kier molecular flexibility index (Phi) is 3.66. The number of hydrogen-bond donors (Lipinski definition) is 1. The Balaban J connectivity index is 1.74. The maximum Gasteiger partial charge on any atom is 0.336 e. The third-order valence-corrected chi connectivity index (χ3v) is 5.21. The molecule has 1 aromatic heterocycles. The lowest BCUT2D eigenvalue weighted by Crippen LogP contribution is -2.35. The van der Waals surface area contributed by atoms with Crippen LogP contribution in [0, 0.1) is 11.3 Å². The first kappa shape index (κ1) is 15.4. The van der Waals surface area contributed by atoms with Crippen LogP contribution < -0.4 is 4.90 Å². The van der Waals surface area contributed by atoms with Crippen molar-refractivity contribution < 1.29 is 19.4 Å². The molecule has 0 saturated carbocycles. The number of rotatable bonds is 4. The van der Waals surface area contributed by atoms with Gasteiger partial charge >= 0.3 is 5.97 Å². The third-order valence-electron chi connectivity index (χ3n) is 5.21. The van der Waals surface area contributed by atoms with Gasteiger partial charge in [-0.3, -0.25) is 0 Å². The maximum atomic E-state index is 11.7. The zero-order valence-corrected chi connectivity index (χ0v) is 13.6. The second kappa shape index (κ2) is 5.72. The van der Waals surface area contributed by atoms with Crippen LogP contribution in [0.5, 0.6) is 0 Å². The Morgan fingerprint density at radius 3 is 3.12 bits per heavy atom. The zero-order valence-electron chi connectivity index (χ0n) is 13.6. The first-order valence-corrected chi connectivity index (χ1v) is 8.08. The minimum Gasteiger partial charge on any atom is -0.478 e. The van der Waals surface area contributed by atoms with Gasteiger partial charge in [0.25, 0.3) is 0 Å². The molecule has 0 aliphatic carbocycles. The van der Waals surface area contributed by atoms with Crippen molar-refractivity contribution in [2.24, 2.45) is 11.3 Å². The van der Waals surface area contributed by atoms with Gasteiger partial charge in [0.05, 0.1) is 30.9 Å². The van der Waals surface area contributed by atoms with Crippen molar-refractivity contribution in [2.45, 2.75) is 0 Å². The van der Waals surface area contributed by atoms with E-state index in [1.807, 2.05) is 18.2 Å². The number of carboxylic acids is 1.